The quantitative estimate of drug-likeness (QED) is 0.448. The third-order valence-corrected chi connectivity index (χ3v) is 6.74. The standard InChI is InChI=1S/C25H22FN7O/c1-14-21-8-18(26)5-6-20(21)24-16(9-27)11-30-32(24)13-17-12-31-33(19-3-2-4-19)23(17)15-7-22(34-14)25(28)29-10-15/h5-8,10-12,14,19H,2-4,13H2,1H3,(H2,28,29)/t14-/m1/s1. The molecule has 4 heterocycles. The van der Waals surface area contributed by atoms with E-state index in [9.17, 15) is 9.65 Å². The number of hydrogen-bond acceptors (Lipinski definition) is 6. The molecule has 1 saturated carbocycles. The van der Waals surface area contributed by atoms with Gasteiger partial charge in [0.15, 0.2) is 11.6 Å². The number of nitrogen functional groups attached to an aromatic ring is 1. The van der Waals surface area contributed by atoms with Gasteiger partial charge in [-0.25, -0.2) is 9.37 Å². The lowest BCUT2D eigenvalue weighted by Gasteiger charge is -2.28. The maximum atomic E-state index is 14.3. The van der Waals surface area contributed by atoms with Gasteiger partial charge in [-0.05, 0) is 50.5 Å². The SMILES string of the molecule is C[C@H]1Oc2cc(cnc2N)-c2c(cnn2C2CCC2)Cn2ncc(C#N)c2-c2ccc(F)cc21. The van der Waals surface area contributed by atoms with E-state index in [0.29, 0.717) is 40.7 Å². The number of nitrogens with zero attached hydrogens (tertiary/aromatic N) is 6. The second-order valence-electron chi connectivity index (χ2n) is 8.82. The average Bonchev–Trinajstić information content (AvgIpc) is 3.38. The summed E-state index contributed by atoms with van der Waals surface area (Å²) in [5, 5.41) is 19.1. The Kier molecular flexibility index (Phi) is 4.62. The molecule has 1 atom stereocenters. The van der Waals surface area contributed by atoms with Crippen LogP contribution in [0.4, 0.5) is 10.2 Å². The van der Waals surface area contributed by atoms with E-state index >= 15 is 0 Å². The van der Waals surface area contributed by atoms with Crippen LogP contribution in [-0.2, 0) is 6.54 Å². The number of nitriles is 1. The predicted octanol–water partition coefficient (Wildman–Crippen LogP) is 4.63. The van der Waals surface area contributed by atoms with E-state index in [1.807, 2.05) is 19.2 Å². The van der Waals surface area contributed by atoms with Crippen molar-refractivity contribution >= 4 is 5.82 Å². The van der Waals surface area contributed by atoms with Gasteiger partial charge in [-0.15, -0.1) is 0 Å². The van der Waals surface area contributed by atoms with E-state index in [1.165, 1.54) is 18.6 Å². The fourth-order valence-corrected chi connectivity index (χ4v) is 4.79. The lowest BCUT2D eigenvalue weighted by molar-refractivity contribution is 0.227. The van der Waals surface area contributed by atoms with Crippen molar-refractivity contribution in [2.45, 2.75) is 44.9 Å². The Bertz CT molecular complexity index is 1460. The number of fused-ring (bicyclic) bond motifs is 7. The van der Waals surface area contributed by atoms with Gasteiger partial charge in [0.05, 0.1) is 41.9 Å². The minimum atomic E-state index is -0.560. The van der Waals surface area contributed by atoms with Gasteiger partial charge >= 0.3 is 0 Å². The molecule has 1 aliphatic carbocycles. The lowest BCUT2D eigenvalue weighted by atomic mass is 9.92. The summed E-state index contributed by atoms with van der Waals surface area (Å²) in [6, 6.07) is 8.91. The molecule has 0 radical (unpaired) electrons. The predicted molar refractivity (Wildman–Crippen MR) is 123 cm³/mol. The van der Waals surface area contributed by atoms with E-state index in [-0.39, 0.29) is 5.82 Å². The Morgan fingerprint density at radius 2 is 2.00 bits per heavy atom. The molecule has 2 aliphatic rings. The minimum absolute atomic E-state index is 0.254. The minimum Gasteiger partial charge on any atom is -0.482 e. The van der Waals surface area contributed by atoms with Crippen LogP contribution >= 0.6 is 0 Å². The molecule has 0 unspecified atom stereocenters. The molecule has 2 bridgehead atoms. The number of pyridine rings is 1. The van der Waals surface area contributed by atoms with E-state index in [2.05, 4.69) is 20.8 Å². The van der Waals surface area contributed by atoms with Gasteiger partial charge in [0.1, 0.15) is 18.0 Å². The molecule has 0 amide bonds. The molecule has 0 saturated heterocycles. The molecule has 1 fully saturated rings. The Labute approximate surface area is 195 Å². The van der Waals surface area contributed by atoms with Gasteiger partial charge in [-0.3, -0.25) is 9.36 Å². The van der Waals surface area contributed by atoms with Crippen molar-refractivity contribution in [3.63, 3.8) is 0 Å². The highest BCUT2D eigenvalue weighted by Crippen LogP contribution is 2.40. The highest BCUT2D eigenvalue weighted by atomic mass is 19.1. The Hall–Kier alpha value is -4.19. The third-order valence-electron chi connectivity index (χ3n) is 6.74. The summed E-state index contributed by atoms with van der Waals surface area (Å²) in [7, 11) is 0. The number of aromatic nitrogens is 5. The first-order valence-electron chi connectivity index (χ1n) is 11.3. The van der Waals surface area contributed by atoms with Gasteiger partial charge in [0, 0.05) is 28.5 Å². The van der Waals surface area contributed by atoms with E-state index in [4.69, 9.17) is 15.6 Å². The van der Waals surface area contributed by atoms with Crippen molar-refractivity contribution in [2.24, 2.45) is 0 Å². The number of rotatable bonds is 1. The first-order chi connectivity index (χ1) is 16.5. The highest BCUT2D eigenvalue weighted by molar-refractivity contribution is 5.72. The topological polar surface area (TPSA) is 108 Å². The summed E-state index contributed by atoms with van der Waals surface area (Å²) < 4.78 is 24.4. The summed E-state index contributed by atoms with van der Waals surface area (Å²) in [5.74, 6) is 0.279. The van der Waals surface area contributed by atoms with Crippen LogP contribution in [0.5, 0.6) is 5.75 Å². The van der Waals surface area contributed by atoms with E-state index < -0.39 is 11.9 Å². The van der Waals surface area contributed by atoms with Crippen molar-refractivity contribution in [2.75, 3.05) is 5.73 Å². The summed E-state index contributed by atoms with van der Waals surface area (Å²) in [4.78, 5) is 4.39. The molecule has 2 N–H and O–H groups in total. The van der Waals surface area contributed by atoms with E-state index in [0.717, 1.165) is 29.7 Å². The van der Waals surface area contributed by atoms with E-state index in [1.54, 1.807) is 23.1 Å². The second-order valence-corrected chi connectivity index (χ2v) is 8.82. The Morgan fingerprint density at radius 1 is 1.15 bits per heavy atom. The lowest BCUT2D eigenvalue weighted by Crippen LogP contribution is -2.19. The highest BCUT2D eigenvalue weighted by Gasteiger charge is 2.28. The molecule has 1 aromatic carbocycles. The van der Waals surface area contributed by atoms with Crippen LogP contribution in [0.2, 0.25) is 0 Å². The molecule has 9 heteroatoms. The summed E-state index contributed by atoms with van der Waals surface area (Å²) in [6.45, 7) is 2.22. The van der Waals surface area contributed by atoms with Crippen molar-refractivity contribution in [3.8, 4) is 34.3 Å². The molecule has 3 aromatic heterocycles. The normalized spacial score (nSPS) is 17.1. The van der Waals surface area contributed by atoms with Crippen LogP contribution in [-0.4, -0.2) is 24.5 Å². The first kappa shape index (κ1) is 20.4. The number of benzene rings is 1. The number of hydrogen-bond donors (Lipinski definition) is 1. The van der Waals surface area contributed by atoms with Crippen LogP contribution in [0.3, 0.4) is 0 Å². The van der Waals surface area contributed by atoms with Crippen LogP contribution in [0.15, 0.2) is 42.9 Å². The molecule has 34 heavy (non-hydrogen) atoms. The molecular formula is C25H22FN7O. The number of nitrogens with two attached hydrogens (primary N) is 1. The zero-order valence-electron chi connectivity index (χ0n) is 18.6. The van der Waals surface area contributed by atoms with Gasteiger partial charge in [0.2, 0.25) is 0 Å². The van der Waals surface area contributed by atoms with Crippen molar-refractivity contribution in [1.29, 1.82) is 5.26 Å². The van der Waals surface area contributed by atoms with Crippen molar-refractivity contribution in [1.82, 2.24) is 24.5 Å². The van der Waals surface area contributed by atoms with Crippen molar-refractivity contribution in [3.05, 3.63) is 65.4 Å². The maximum absolute atomic E-state index is 14.3. The van der Waals surface area contributed by atoms with Crippen LogP contribution in [0.25, 0.3) is 22.5 Å². The molecular weight excluding hydrogens is 433 g/mol. The molecule has 4 aromatic rings. The molecule has 170 valence electrons. The number of halogens is 1. The Morgan fingerprint density at radius 3 is 2.76 bits per heavy atom. The smallest absolute Gasteiger partial charge is 0.166 e. The van der Waals surface area contributed by atoms with Gasteiger partial charge in [-0.1, -0.05) is 0 Å². The average molecular weight is 455 g/mol. The summed E-state index contributed by atoms with van der Waals surface area (Å²) in [6.07, 6.45) is 7.88. The van der Waals surface area contributed by atoms with Gasteiger partial charge in [-0.2, -0.15) is 15.5 Å². The zero-order valence-corrected chi connectivity index (χ0v) is 18.6. The van der Waals surface area contributed by atoms with Gasteiger partial charge in [0.25, 0.3) is 0 Å². The zero-order chi connectivity index (χ0) is 23.4. The second kappa shape index (κ2) is 7.70. The fraction of sp³-hybridized carbons (Fsp3) is 0.280. The Balaban J connectivity index is 1.63. The van der Waals surface area contributed by atoms with Crippen LogP contribution in [0, 0.1) is 17.1 Å². The van der Waals surface area contributed by atoms with Crippen molar-refractivity contribution < 1.29 is 9.13 Å². The molecule has 8 nitrogen and oxygen atoms in total. The summed E-state index contributed by atoms with van der Waals surface area (Å²) in [5.41, 5.74) is 11.2. The van der Waals surface area contributed by atoms with Crippen LogP contribution < -0.4 is 10.5 Å². The molecule has 6 rings (SSSR count). The number of anilines is 1. The third kappa shape index (κ3) is 3.14. The largest absolute Gasteiger partial charge is 0.482 e. The van der Waals surface area contributed by atoms with Gasteiger partial charge < -0.3 is 10.5 Å². The fourth-order valence-electron chi connectivity index (χ4n) is 4.79. The molecule has 0 spiro atoms. The summed E-state index contributed by atoms with van der Waals surface area (Å²) >= 11 is 0. The first-order valence-corrected chi connectivity index (χ1v) is 11.3. The van der Waals surface area contributed by atoms with Crippen LogP contribution in [0.1, 0.15) is 55.0 Å². The maximum Gasteiger partial charge on any atom is 0.166 e. The number of ether oxygens (including phenoxy) is 1. The monoisotopic (exact) mass is 455 g/mol. The molecule has 1 aliphatic heterocycles.